The zero-order chi connectivity index (χ0) is 53.7. The summed E-state index contributed by atoms with van der Waals surface area (Å²) in [5.74, 6) is 0. The molecule has 0 fully saturated rings. The second-order valence-electron chi connectivity index (χ2n) is 4.24. The Morgan fingerprint density at radius 3 is 0.113 bits per heavy atom. The van der Waals surface area contributed by atoms with Gasteiger partial charge in [0.15, 0.2) is 0 Å². The summed E-state index contributed by atoms with van der Waals surface area (Å²) < 4.78 is 131. The topological polar surface area (TPSA) is 863 Å². The summed E-state index contributed by atoms with van der Waals surface area (Å²) in [4.78, 5) is 215. The van der Waals surface area contributed by atoms with E-state index in [2.05, 4.69) is 0 Å². The Balaban J connectivity index is -0.0000000233. The molecule has 0 saturated carbocycles. The average Bonchev–Trinajstić information content (AvgIpc) is 2.78. The zero-order valence-electron chi connectivity index (χ0n) is 27.0. The van der Waals surface area contributed by atoms with Crippen molar-refractivity contribution in [1.82, 2.24) is 0 Å². The van der Waals surface area contributed by atoms with Gasteiger partial charge in [0.2, 0.25) is 0 Å². The van der Waals surface area contributed by atoms with Crippen LogP contribution >= 0.6 is 0 Å². The van der Waals surface area contributed by atoms with E-state index in [1.165, 1.54) is 0 Å². The summed E-state index contributed by atoms with van der Waals surface area (Å²) in [5, 5.41) is 0. The fourth-order valence-corrected chi connectivity index (χ4v) is 0. The van der Waals surface area contributed by atoms with Crippen molar-refractivity contribution in [2.75, 3.05) is 0 Å². The van der Waals surface area contributed by atoms with Crippen molar-refractivity contribution >= 4 is 197 Å². The predicted molar refractivity (Wildman–Crippen MR) is 177 cm³/mol. The van der Waals surface area contributed by atoms with Gasteiger partial charge in [-0.3, -0.25) is 66.9 Å². The first kappa shape index (κ1) is 112. The third-order valence-electron chi connectivity index (χ3n) is 0. The molecule has 0 aliphatic rings. The normalized spacial score (nSPS) is 5.81. The van der Waals surface area contributed by atoms with Crippen LogP contribution in [0, 0.1) is 0 Å². The molecule has 62 heavy (non-hydrogen) atoms. The van der Waals surface area contributed by atoms with Gasteiger partial charge < -0.3 is 144 Å². The van der Waals surface area contributed by atoms with Crippen LogP contribution < -0.4 is 0 Å². The van der Waals surface area contributed by atoms with Crippen LogP contribution in [0.2, 0.25) is 0 Å². The third kappa shape index (κ3) is 12200. The van der Waals surface area contributed by atoms with Crippen LogP contribution in [0.5, 0.6) is 0 Å². The van der Waals surface area contributed by atoms with Crippen LogP contribution in [-0.2, 0) is 66.9 Å². The van der Waals surface area contributed by atoms with E-state index in [1.54, 1.807) is 0 Å². The molecule has 0 spiro atoms. The van der Waals surface area contributed by atoms with E-state index in [9.17, 15) is 0 Å². The quantitative estimate of drug-likeness (QED) is 0.100. The molecule has 0 aliphatic carbocycles. The SMILES string of the molecule is O=[Si](O)O.O=[Si](O)O.O=[Si](O)O.O=[Si](O)O.O=[Si](O)O.O=[Si](O)O.O=[Si](O)O.O=[Si](O)O.O=[Si](O)O.O=[Si](O)O.O=[Si](O)O.O=[Si](O)O.O=[Si](O)O.O=[Si](O)O.O=[Si](O)O.[NaH].[NaH]. The van der Waals surface area contributed by atoms with Crippen molar-refractivity contribution in [2.24, 2.45) is 0 Å². The minimum atomic E-state index is -3.13. The van der Waals surface area contributed by atoms with Gasteiger partial charge >= 0.3 is 197 Å². The van der Waals surface area contributed by atoms with Crippen molar-refractivity contribution in [2.45, 2.75) is 0 Å². The van der Waals surface area contributed by atoms with Gasteiger partial charge in [0.25, 0.3) is 0 Å². The molecule has 0 unspecified atom stereocenters. The Morgan fingerprint density at radius 2 is 0.113 bits per heavy atom. The Morgan fingerprint density at radius 1 is 0.113 bits per heavy atom. The van der Waals surface area contributed by atoms with E-state index < -0.39 is 138 Å². The molecule has 0 saturated heterocycles. The summed E-state index contributed by atoms with van der Waals surface area (Å²) in [5.41, 5.74) is 0. The predicted octanol–water partition coefficient (Wildman–Crippen LogP) is -25.5. The van der Waals surface area contributed by atoms with Gasteiger partial charge in [0.05, 0.1) is 0 Å². The van der Waals surface area contributed by atoms with Crippen LogP contribution in [-0.4, -0.2) is 341 Å². The Hall–Kier alpha value is -3.75. The molecule has 0 aromatic carbocycles. The van der Waals surface area contributed by atoms with E-state index in [1.807, 2.05) is 0 Å². The second-order valence-corrected chi connectivity index (χ2v) is 12.7. The van der Waals surface area contributed by atoms with Crippen molar-refractivity contribution in [3.8, 4) is 0 Å². The number of rotatable bonds is 0. The Kier molecular flexibility index (Phi) is 193. The van der Waals surface area contributed by atoms with Crippen molar-refractivity contribution < 1.29 is 211 Å². The molecule has 0 bridgehead atoms. The van der Waals surface area contributed by atoms with E-state index in [-0.39, 0.29) is 59.1 Å². The molecule has 0 heterocycles. The van der Waals surface area contributed by atoms with Crippen molar-refractivity contribution in [3.63, 3.8) is 0 Å². The standard InChI is InChI=1S/2Na.15H2O3Si.2H/c;;15*1-4(2)3;;/h;;15*1-2H;;. The van der Waals surface area contributed by atoms with Gasteiger partial charge in [-0.15, -0.1) is 0 Å². The zero-order valence-corrected chi connectivity index (χ0v) is 42.0. The first-order valence-electron chi connectivity index (χ1n) is 9.77. The second kappa shape index (κ2) is 106. The van der Waals surface area contributed by atoms with Crippen molar-refractivity contribution in [1.29, 1.82) is 0 Å². The molecule has 62 heteroatoms. The summed E-state index contributed by atoms with van der Waals surface area (Å²) in [6.45, 7) is 0. The molecule has 0 atom stereocenters. The van der Waals surface area contributed by atoms with Gasteiger partial charge in [0.1, 0.15) is 0 Å². The molecule has 0 aromatic heterocycles. The monoisotopic (exact) mass is 1220 g/mol. The van der Waals surface area contributed by atoms with Gasteiger partial charge in [-0.1, -0.05) is 0 Å². The van der Waals surface area contributed by atoms with Crippen LogP contribution in [0.4, 0.5) is 0 Å². The molecular weight excluding hydrogens is 1190 g/mol. The number of hydrogen-bond donors (Lipinski definition) is 30. The van der Waals surface area contributed by atoms with Crippen LogP contribution in [0.3, 0.4) is 0 Å². The first-order chi connectivity index (χ1) is 26.0. The Labute approximate surface area is 404 Å². The van der Waals surface area contributed by atoms with Gasteiger partial charge in [-0.05, 0) is 0 Å². The molecule has 0 aromatic rings. The van der Waals surface area contributed by atoms with E-state index in [0.29, 0.717) is 0 Å². The summed E-state index contributed by atoms with van der Waals surface area (Å²) >= 11 is 0. The maximum absolute atomic E-state index is 8.74. The van der Waals surface area contributed by atoms with E-state index in [0.717, 1.165) is 0 Å². The van der Waals surface area contributed by atoms with Crippen LogP contribution in [0.1, 0.15) is 0 Å². The molecule has 0 radical (unpaired) electrons. The van der Waals surface area contributed by atoms with Crippen LogP contribution in [0.25, 0.3) is 0 Å². The molecular formula is H32Na2O45Si15. The summed E-state index contributed by atoms with van der Waals surface area (Å²) in [6.07, 6.45) is 0. The summed E-state index contributed by atoms with van der Waals surface area (Å²) in [7, 11) is -46.9. The van der Waals surface area contributed by atoms with E-state index >= 15 is 0 Å². The summed E-state index contributed by atoms with van der Waals surface area (Å²) in [6, 6.07) is 0. The fraction of sp³-hybridized carbons (Fsp3) is 0. The molecule has 30 N–H and O–H groups in total. The van der Waals surface area contributed by atoms with Gasteiger partial charge in [-0.25, -0.2) is 0 Å². The fourth-order valence-electron chi connectivity index (χ4n) is 0. The first-order valence-corrected chi connectivity index (χ1v) is 29.3. The molecule has 0 rings (SSSR count). The number of hydrogen-bond acceptors (Lipinski definition) is 15. The maximum atomic E-state index is 8.74. The average molecular weight is 1220 g/mol. The molecule has 364 valence electrons. The van der Waals surface area contributed by atoms with Gasteiger partial charge in [0, 0.05) is 0 Å². The van der Waals surface area contributed by atoms with E-state index in [4.69, 9.17) is 211 Å². The van der Waals surface area contributed by atoms with Crippen molar-refractivity contribution in [3.05, 3.63) is 0 Å². The molecule has 0 amide bonds. The molecule has 0 aliphatic heterocycles. The Bertz CT molecular complexity index is 758. The third-order valence-corrected chi connectivity index (χ3v) is 0. The van der Waals surface area contributed by atoms with Crippen LogP contribution in [0.15, 0.2) is 0 Å². The minimum absolute atomic E-state index is 0. The van der Waals surface area contributed by atoms with Gasteiger partial charge in [-0.2, -0.15) is 0 Å². The molecule has 45 nitrogen and oxygen atoms in total.